The van der Waals surface area contributed by atoms with Gasteiger partial charge in [-0.1, -0.05) is 24.6 Å². The van der Waals surface area contributed by atoms with Crippen molar-refractivity contribution in [3.05, 3.63) is 11.6 Å². The highest BCUT2D eigenvalue weighted by Crippen LogP contribution is 2.83. The first-order chi connectivity index (χ1) is 14.8. The maximum absolute atomic E-state index is 12.3. The van der Waals surface area contributed by atoms with Crippen LogP contribution in [0.3, 0.4) is 0 Å². The minimum atomic E-state index is -0.528. The van der Waals surface area contributed by atoms with Crippen molar-refractivity contribution in [3.8, 4) is 0 Å². The van der Waals surface area contributed by atoms with Crippen LogP contribution < -0.4 is 0 Å². The van der Waals surface area contributed by atoms with E-state index in [0.717, 1.165) is 25.7 Å². The molecule has 7 heteroatoms. The molecule has 2 heterocycles. The Morgan fingerprint density at radius 2 is 2.10 bits per heavy atom. The van der Waals surface area contributed by atoms with Gasteiger partial charge in [0.25, 0.3) is 0 Å². The zero-order chi connectivity index (χ0) is 21.4. The summed E-state index contributed by atoms with van der Waals surface area (Å²) in [5.41, 5.74) is 0.116. The first kappa shape index (κ1) is 18.7. The first-order valence-electron chi connectivity index (χ1n) is 11.6. The molecule has 0 aromatic rings. The van der Waals surface area contributed by atoms with Crippen LogP contribution in [0.25, 0.3) is 0 Å². The summed E-state index contributed by atoms with van der Waals surface area (Å²) in [5.74, 6) is 1.88. The molecule has 0 amide bonds. The van der Waals surface area contributed by atoms with Crippen LogP contribution in [0, 0.1) is 40.4 Å². The van der Waals surface area contributed by atoms with Gasteiger partial charge in [-0.3, -0.25) is 4.79 Å². The predicted octanol–water partition coefficient (Wildman–Crippen LogP) is 3.27. The van der Waals surface area contributed by atoms with Crippen molar-refractivity contribution in [2.45, 2.75) is 63.3 Å². The lowest BCUT2D eigenvalue weighted by Crippen LogP contribution is -2.64. The fraction of sp³-hybridized carbons (Fsp3) is 0.792. The fourth-order valence-electron chi connectivity index (χ4n) is 9.27. The summed E-state index contributed by atoms with van der Waals surface area (Å²) in [6.45, 7) is 4.98. The van der Waals surface area contributed by atoms with Crippen LogP contribution in [0.1, 0.15) is 46.0 Å². The molecule has 7 nitrogen and oxygen atoms in total. The molecule has 2 spiro atoms. The largest absolute Gasteiger partial charge is 0.509 e. The summed E-state index contributed by atoms with van der Waals surface area (Å²) in [5, 5.41) is 4.19. The molecule has 7 rings (SSSR count). The average molecular weight is 427 g/mol. The quantitative estimate of drug-likeness (QED) is 0.291. The van der Waals surface area contributed by atoms with Crippen molar-refractivity contribution in [2.24, 2.45) is 45.6 Å². The third kappa shape index (κ3) is 1.87. The van der Waals surface area contributed by atoms with Crippen LogP contribution in [0.4, 0.5) is 4.79 Å². The smallest absolute Gasteiger partial charge is 0.430 e. The second-order valence-electron chi connectivity index (χ2n) is 11.4. The molecule has 2 aliphatic heterocycles. The molecule has 0 bridgehead atoms. The fourth-order valence-corrected chi connectivity index (χ4v) is 9.27. The Labute approximate surface area is 181 Å². The molecule has 31 heavy (non-hydrogen) atoms. The number of ether oxygens (including phenoxy) is 3. The Balaban J connectivity index is 1.39. The number of fused-ring (bicyclic) bond motifs is 7. The summed E-state index contributed by atoms with van der Waals surface area (Å²) in [6, 6.07) is 0. The van der Waals surface area contributed by atoms with E-state index in [1.165, 1.54) is 5.57 Å². The summed E-state index contributed by atoms with van der Waals surface area (Å²) in [6.07, 6.45) is 7.61. The second kappa shape index (κ2) is 5.36. The van der Waals surface area contributed by atoms with E-state index in [4.69, 9.17) is 19.0 Å². The number of oxime groups is 1. The van der Waals surface area contributed by atoms with Gasteiger partial charge in [0.05, 0.1) is 6.10 Å². The van der Waals surface area contributed by atoms with Crippen LogP contribution in [-0.4, -0.2) is 49.2 Å². The van der Waals surface area contributed by atoms with E-state index in [1.807, 2.05) is 12.3 Å². The molecule has 0 N–H and O–H groups in total. The van der Waals surface area contributed by atoms with E-state index in [9.17, 15) is 9.59 Å². The number of rotatable bonds is 2. The second-order valence-corrected chi connectivity index (χ2v) is 11.4. The summed E-state index contributed by atoms with van der Waals surface area (Å²) >= 11 is 0. The average Bonchev–Trinajstić information content (AvgIpc) is 3.61. The molecular formula is C24H29NO6. The van der Waals surface area contributed by atoms with Gasteiger partial charge in [-0.15, -0.1) is 0 Å². The monoisotopic (exact) mass is 427 g/mol. The van der Waals surface area contributed by atoms with Gasteiger partial charge in [0.2, 0.25) is 0 Å². The van der Waals surface area contributed by atoms with Gasteiger partial charge in [-0.25, -0.2) is 4.79 Å². The maximum Gasteiger partial charge on any atom is 0.509 e. The number of ketones is 1. The molecule has 166 valence electrons. The number of carbonyl (C=O) groups excluding carboxylic acids is 2. The lowest BCUT2D eigenvalue weighted by molar-refractivity contribution is -0.125. The van der Waals surface area contributed by atoms with Gasteiger partial charge in [0.1, 0.15) is 19.3 Å². The van der Waals surface area contributed by atoms with Crippen LogP contribution in [0.15, 0.2) is 16.8 Å². The molecular weight excluding hydrogens is 398 g/mol. The van der Waals surface area contributed by atoms with Crippen molar-refractivity contribution in [2.75, 3.05) is 13.7 Å². The lowest BCUT2D eigenvalue weighted by Gasteiger charge is -2.59. The van der Waals surface area contributed by atoms with Gasteiger partial charge in [-0.2, -0.15) is 0 Å². The zero-order valence-corrected chi connectivity index (χ0v) is 18.3. The molecule has 10 atom stereocenters. The topological polar surface area (TPSA) is 86.7 Å². The van der Waals surface area contributed by atoms with Crippen LogP contribution >= 0.6 is 0 Å². The van der Waals surface area contributed by atoms with Gasteiger partial charge < -0.3 is 19.0 Å². The van der Waals surface area contributed by atoms with Crippen molar-refractivity contribution < 1.29 is 28.6 Å². The Hall–Kier alpha value is -1.89. The van der Waals surface area contributed by atoms with E-state index in [2.05, 4.69) is 19.0 Å². The summed E-state index contributed by atoms with van der Waals surface area (Å²) < 4.78 is 18.2. The third-order valence-corrected chi connectivity index (χ3v) is 10.6. The van der Waals surface area contributed by atoms with Crippen molar-refractivity contribution >= 4 is 18.2 Å². The van der Waals surface area contributed by atoms with E-state index in [0.29, 0.717) is 30.8 Å². The van der Waals surface area contributed by atoms with Crippen LogP contribution in [0.2, 0.25) is 0 Å². The molecule has 0 aromatic carbocycles. The minimum absolute atomic E-state index is 0.104. The predicted molar refractivity (Wildman–Crippen MR) is 108 cm³/mol. The van der Waals surface area contributed by atoms with E-state index in [1.54, 1.807) is 7.11 Å². The van der Waals surface area contributed by atoms with Crippen molar-refractivity contribution in [3.63, 3.8) is 0 Å². The van der Waals surface area contributed by atoms with Gasteiger partial charge >= 0.3 is 6.16 Å². The first-order valence-corrected chi connectivity index (χ1v) is 11.6. The molecule has 2 saturated heterocycles. The van der Waals surface area contributed by atoms with E-state index in [-0.39, 0.29) is 40.2 Å². The van der Waals surface area contributed by atoms with E-state index < -0.39 is 11.8 Å². The Morgan fingerprint density at radius 1 is 1.26 bits per heavy atom. The highest BCUT2D eigenvalue weighted by molar-refractivity contribution is 5.92. The van der Waals surface area contributed by atoms with Crippen molar-refractivity contribution in [1.82, 2.24) is 0 Å². The number of cyclic esters (lactones) is 1. The standard InChI is InChI=1S/C24H29NO6/c1-21-5-4-14(26)7-13(21)6-12(10-25-28-3)18-19-15-8-16(15)23(11-29-20(27)31-23)22(19,2)9-17-24(18,21)30-17/h7,10,12,15-19H,4-6,8-9,11H2,1-3H3/b25-10+/t12-,15+,16-,17+,18?,19?,21-,22-,23-,24+/m0/s1. The zero-order valence-electron chi connectivity index (χ0n) is 18.3. The molecule has 4 saturated carbocycles. The number of carbonyl (C=O) groups is 2. The number of nitrogens with zero attached hydrogens (tertiary/aromatic N) is 1. The molecule has 7 aliphatic rings. The van der Waals surface area contributed by atoms with Gasteiger partial charge in [-0.05, 0) is 43.6 Å². The number of hydrogen-bond donors (Lipinski definition) is 0. The summed E-state index contributed by atoms with van der Waals surface area (Å²) in [4.78, 5) is 29.5. The minimum Gasteiger partial charge on any atom is -0.430 e. The molecule has 0 aromatic heterocycles. The third-order valence-electron chi connectivity index (χ3n) is 10.6. The highest BCUT2D eigenvalue weighted by atomic mass is 16.8. The normalized spacial score (nSPS) is 57.8. The Kier molecular flexibility index (Phi) is 3.22. The lowest BCUT2D eigenvalue weighted by atomic mass is 9.43. The molecule has 2 unspecified atom stereocenters. The van der Waals surface area contributed by atoms with E-state index >= 15 is 0 Å². The van der Waals surface area contributed by atoms with Crippen LogP contribution in [-0.2, 0) is 23.8 Å². The Morgan fingerprint density at radius 3 is 2.84 bits per heavy atom. The molecule has 5 aliphatic carbocycles. The number of hydrogen-bond acceptors (Lipinski definition) is 7. The Bertz CT molecular complexity index is 975. The van der Waals surface area contributed by atoms with Gasteiger partial charge in [0.15, 0.2) is 11.4 Å². The van der Waals surface area contributed by atoms with Gasteiger partial charge in [0, 0.05) is 41.2 Å². The number of epoxide rings is 1. The molecule has 6 fully saturated rings. The van der Waals surface area contributed by atoms with Crippen LogP contribution in [0.5, 0.6) is 0 Å². The van der Waals surface area contributed by atoms with Crippen molar-refractivity contribution in [1.29, 1.82) is 0 Å². The molecule has 0 radical (unpaired) electrons. The highest BCUT2D eigenvalue weighted by Gasteiger charge is 2.88. The maximum atomic E-state index is 12.3. The summed E-state index contributed by atoms with van der Waals surface area (Å²) in [7, 11) is 1.57. The SMILES string of the molecule is CO/N=C/[C@@H]1CC2=CC(=O)CC[C@]2(C)[C@@]23O[C@@H]2C[C@@]2(C)C(C13)[C@@H]1C[C@@H]1[C@@]21COC(=O)O1.